The Morgan fingerprint density at radius 3 is 1.40 bits per heavy atom. The molecule has 0 bridgehead atoms. The van der Waals surface area contributed by atoms with Gasteiger partial charge in [0.05, 0.1) is 0 Å². The molecule has 0 aromatic heterocycles. The first-order valence-electron chi connectivity index (χ1n) is 5.74. The Labute approximate surface area is 92.7 Å². The van der Waals surface area contributed by atoms with Gasteiger partial charge < -0.3 is 5.32 Å². The molecule has 86 valence electrons. The Kier molecular flexibility index (Phi) is 10.5. The Balaban J connectivity index is 0.000000227. The van der Waals surface area contributed by atoms with Crippen LogP contribution in [0.1, 0.15) is 26.7 Å². The van der Waals surface area contributed by atoms with Crippen molar-refractivity contribution in [2.24, 2.45) is 0 Å². The lowest BCUT2D eigenvalue weighted by Gasteiger charge is -2.14. The predicted molar refractivity (Wildman–Crippen MR) is 64.8 cm³/mol. The average molecular weight is 211 g/mol. The van der Waals surface area contributed by atoms with Gasteiger partial charge in [0, 0.05) is 0 Å². The van der Waals surface area contributed by atoms with E-state index in [1.165, 1.54) is 0 Å². The van der Waals surface area contributed by atoms with Crippen LogP contribution in [0.5, 0.6) is 0 Å². The van der Waals surface area contributed by atoms with E-state index in [1.54, 1.807) is 0 Å². The summed E-state index contributed by atoms with van der Waals surface area (Å²) in [6.07, 6.45) is 0.890. The Hall–Kier alpha value is -0.890. The van der Waals surface area contributed by atoms with E-state index >= 15 is 0 Å². The van der Waals surface area contributed by atoms with Gasteiger partial charge in [-0.15, -0.1) is 0 Å². The lowest BCUT2D eigenvalue weighted by atomic mass is 10.1. The standard InChI is InChI=1S/C6H6.C5H10FN.C2H6/c1-2-4-6-5-3-1;6-5-1-3-7-4-2-5;1-2/h1-6H;5,7H,1-4H2;1-2H3. The number of nitrogens with one attached hydrogen (secondary N) is 1. The quantitative estimate of drug-likeness (QED) is 0.693. The van der Waals surface area contributed by atoms with Crippen LogP contribution in [0, 0.1) is 0 Å². The second kappa shape index (κ2) is 11.2. The van der Waals surface area contributed by atoms with E-state index in [4.69, 9.17) is 0 Å². The van der Waals surface area contributed by atoms with Gasteiger partial charge in [-0.25, -0.2) is 4.39 Å². The fourth-order valence-electron chi connectivity index (χ4n) is 1.17. The van der Waals surface area contributed by atoms with E-state index in [9.17, 15) is 4.39 Å². The van der Waals surface area contributed by atoms with Gasteiger partial charge in [-0.05, 0) is 25.9 Å². The largest absolute Gasteiger partial charge is 0.317 e. The summed E-state index contributed by atoms with van der Waals surface area (Å²) in [4.78, 5) is 0. The lowest BCUT2D eigenvalue weighted by molar-refractivity contribution is 0.262. The smallest absolute Gasteiger partial charge is 0.103 e. The van der Waals surface area contributed by atoms with Crippen LogP contribution in [0.4, 0.5) is 4.39 Å². The summed E-state index contributed by atoms with van der Waals surface area (Å²) in [7, 11) is 0. The van der Waals surface area contributed by atoms with Crippen LogP contribution in [0.25, 0.3) is 0 Å². The maximum absolute atomic E-state index is 12.1. The molecule has 1 aromatic rings. The monoisotopic (exact) mass is 211 g/mol. The van der Waals surface area contributed by atoms with Crippen molar-refractivity contribution in [3.8, 4) is 0 Å². The van der Waals surface area contributed by atoms with Crippen LogP contribution in [-0.2, 0) is 0 Å². The summed E-state index contributed by atoms with van der Waals surface area (Å²) in [6.45, 7) is 5.72. The molecule has 0 radical (unpaired) electrons. The highest BCUT2D eigenvalue weighted by Crippen LogP contribution is 2.04. The number of alkyl halides is 1. The fourth-order valence-corrected chi connectivity index (χ4v) is 1.17. The molecule has 0 unspecified atom stereocenters. The van der Waals surface area contributed by atoms with Crippen molar-refractivity contribution in [3.05, 3.63) is 36.4 Å². The third kappa shape index (κ3) is 9.42. The number of benzene rings is 1. The summed E-state index contributed by atoms with van der Waals surface area (Å²) in [5.74, 6) is 0. The first-order valence-corrected chi connectivity index (χ1v) is 5.74. The van der Waals surface area contributed by atoms with Gasteiger partial charge in [-0.1, -0.05) is 50.2 Å². The molecule has 15 heavy (non-hydrogen) atoms. The summed E-state index contributed by atoms with van der Waals surface area (Å²) in [5.41, 5.74) is 0. The molecule has 0 amide bonds. The third-order valence-corrected chi connectivity index (χ3v) is 1.94. The lowest BCUT2D eigenvalue weighted by Crippen LogP contribution is -2.28. The molecule has 1 saturated heterocycles. The molecule has 1 aliphatic rings. The number of halogens is 1. The highest BCUT2D eigenvalue weighted by atomic mass is 19.1. The average Bonchev–Trinajstić information content (AvgIpc) is 2.36. The molecule has 1 fully saturated rings. The molecule has 1 heterocycles. The Morgan fingerprint density at radius 1 is 0.867 bits per heavy atom. The highest BCUT2D eigenvalue weighted by molar-refractivity contribution is 4.99. The summed E-state index contributed by atoms with van der Waals surface area (Å²) >= 11 is 0. The number of rotatable bonds is 0. The molecular weight excluding hydrogens is 189 g/mol. The minimum atomic E-state index is -0.527. The van der Waals surface area contributed by atoms with E-state index in [1.807, 2.05) is 50.2 Å². The topological polar surface area (TPSA) is 12.0 Å². The molecule has 0 spiro atoms. The molecule has 2 heteroatoms. The zero-order valence-electron chi connectivity index (χ0n) is 9.75. The first-order chi connectivity index (χ1) is 7.39. The minimum Gasteiger partial charge on any atom is -0.317 e. The summed E-state index contributed by atoms with van der Waals surface area (Å²) < 4.78 is 12.1. The van der Waals surface area contributed by atoms with Gasteiger partial charge in [-0.2, -0.15) is 0 Å². The molecule has 2 rings (SSSR count). The van der Waals surface area contributed by atoms with Gasteiger partial charge in [0.15, 0.2) is 0 Å². The summed E-state index contributed by atoms with van der Waals surface area (Å²) in [5, 5.41) is 3.08. The van der Waals surface area contributed by atoms with Gasteiger partial charge in [0.2, 0.25) is 0 Å². The van der Waals surface area contributed by atoms with E-state index in [0.29, 0.717) is 12.8 Å². The van der Waals surface area contributed by atoms with Gasteiger partial charge in [0.25, 0.3) is 0 Å². The third-order valence-electron chi connectivity index (χ3n) is 1.94. The van der Waals surface area contributed by atoms with E-state index in [2.05, 4.69) is 5.32 Å². The van der Waals surface area contributed by atoms with Gasteiger partial charge in [0.1, 0.15) is 6.17 Å². The van der Waals surface area contributed by atoms with Crippen molar-refractivity contribution in [2.75, 3.05) is 13.1 Å². The molecule has 1 aromatic carbocycles. The molecule has 1 N–H and O–H groups in total. The molecule has 1 aliphatic heterocycles. The van der Waals surface area contributed by atoms with Crippen molar-refractivity contribution >= 4 is 0 Å². The van der Waals surface area contributed by atoms with Crippen molar-refractivity contribution < 1.29 is 4.39 Å². The fraction of sp³-hybridized carbons (Fsp3) is 0.538. The van der Waals surface area contributed by atoms with Crippen molar-refractivity contribution in [1.29, 1.82) is 0 Å². The van der Waals surface area contributed by atoms with E-state index in [0.717, 1.165) is 13.1 Å². The van der Waals surface area contributed by atoms with Crippen LogP contribution >= 0.6 is 0 Å². The number of hydrogen-bond donors (Lipinski definition) is 1. The highest BCUT2D eigenvalue weighted by Gasteiger charge is 2.09. The van der Waals surface area contributed by atoms with Crippen molar-refractivity contribution in [3.63, 3.8) is 0 Å². The minimum absolute atomic E-state index is 0.527. The molecule has 1 nitrogen and oxygen atoms in total. The van der Waals surface area contributed by atoms with Gasteiger partial charge in [-0.3, -0.25) is 0 Å². The second-order valence-corrected chi connectivity index (χ2v) is 3.08. The van der Waals surface area contributed by atoms with Crippen LogP contribution < -0.4 is 5.32 Å². The van der Waals surface area contributed by atoms with Crippen molar-refractivity contribution in [1.82, 2.24) is 5.32 Å². The molecule has 0 saturated carbocycles. The predicted octanol–water partition coefficient (Wildman–Crippen LogP) is 3.42. The SMILES string of the molecule is CC.FC1CCNCC1.c1ccccc1. The number of piperidine rings is 1. The van der Waals surface area contributed by atoms with Crippen LogP contribution in [0.15, 0.2) is 36.4 Å². The zero-order chi connectivity index (χ0) is 11.4. The number of hydrogen-bond acceptors (Lipinski definition) is 1. The van der Waals surface area contributed by atoms with Crippen LogP contribution in [0.2, 0.25) is 0 Å². The van der Waals surface area contributed by atoms with Crippen LogP contribution in [-0.4, -0.2) is 19.3 Å². The Morgan fingerprint density at radius 2 is 1.20 bits per heavy atom. The van der Waals surface area contributed by atoms with E-state index in [-0.39, 0.29) is 0 Å². The maximum atomic E-state index is 12.1. The van der Waals surface area contributed by atoms with Crippen LogP contribution in [0.3, 0.4) is 0 Å². The zero-order valence-corrected chi connectivity index (χ0v) is 9.75. The molecular formula is C13H22FN. The maximum Gasteiger partial charge on any atom is 0.103 e. The second-order valence-electron chi connectivity index (χ2n) is 3.08. The Bertz CT molecular complexity index is 168. The van der Waals surface area contributed by atoms with Crippen molar-refractivity contribution in [2.45, 2.75) is 32.9 Å². The summed E-state index contributed by atoms with van der Waals surface area (Å²) in [6, 6.07) is 12.0. The van der Waals surface area contributed by atoms with E-state index < -0.39 is 6.17 Å². The molecule has 0 aliphatic carbocycles. The normalized spacial score (nSPS) is 15.4. The van der Waals surface area contributed by atoms with Gasteiger partial charge >= 0.3 is 0 Å². The first kappa shape index (κ1) is 14.1. The molecule has 0 atom stereocenters.